The zero-order chi connectivity index (χ0) is 14.5. The van der Waals surface area contributed by atoms with E-state index in [4.69, 9.17) is 4.74 Å². The summed E-state index contributed by atoms with van der Waals surface area (Å²) in [5.41, 5.74) is 1.11. The molecule has 21 heavy (non-hydrogen) atoms. The van der Waals surface area contributed by atoms with Gasteiger partial charge in [0.15, 0.2) is 0 Å². The van der Waals surface area contributed by atoms with Gasteiger partial charge in [0.05, 0.1) is 18.2 Å². The fourth-order valence-corrected chi connectivity index (χ4v) is 3.02. The summed E-state index contributed by atoms with van der Waals surface area (Å²) in [7, 11) is 0. The Labute approximate surface area is 125 Å². The van der Waals surface area contributed by atoms with Crippen LogP contribution in [0.15, 0.2) is 35.4 Å². The molecule has 2 aliphatic rings. The molecule has 4 heteroatoms. The van der Waals surface area contributed by atoms with E-state index in [2.05, 4.69) is 5.10 Å². The monoisotopic (exact) mass is 286 g/mol. The molecular weight excluding hydrogens is 264 g/mol. The first-order valence-corrected chi connectivity index (χ1v) is 7.91. The second-order valence-electron chi connectivity index (χ2n) is 5.72. The average Bonchev–Trinajstić information content (AvgIpc) is 2.69. The lowest BCUT2D eigenvalue weighted by atomic mass is 9.98. The van der Waals surface area contributed by atoms with Crippen molar-refractivity contribution in [2.24, 2.45) is 11.0 Å². The number of carbonyl (C=O) groups excluding carboxylic acids is 1. The summed E-state index contributed by atoms with van der Waals surface area (Å²) in [6.07, 6.45) is 6.34. The zero-order valence-corrected chi connectivity index (χ0v) is 12.3. The molecule has 0 aromatic heterocycles. The molecule has 0 spiro atoms. The summed E-state index contributed by atoms with van der Waals surface area (Å²) in [4.78, 5) is 12.3. The van der Waals surface area contributed by atoms with Crippen molar-refractivity contribution in [1.82, 2.24) is 5.01 Å². The first-order chi connectivity index (χ1) is 10.3. The van der Waals surface area contributed by atoms with Gasteiger partial charge in [-0.3, -0.25) is 4.79 Å². The Bertz CT molecular complexity index is 513. The zero-order valence-electron chi connectivity index (χ0n) is 12.3. The first kappa shape index (κ1) is 14.1. The van der Waals surface area contributed by atoms with Crippen LogP contribution in [-0.2, 0) is 4.79 Å². The van der Waals surface area contributed by atoms with Crippen LogP contribution in [0.4, 0.5) is 0 Å². The lowest BCUT2D eigenvalue weighted by Gasteiger charge is -2.14. The number of hydrogen-bond donors (Lipinski definition) is 0. The standard InChI is InChI=1S/C17H22N2O2/c20-17-15-10-5-2-6-11-16(15)18-19(17)12-7-13-21-14-8-3-1-4-9-14/h1,3-4,8-9,15H,2,5-7,10-13H2. The third-order valence-corrected chi connectivity index (χ3v) is 4.16. The summed E-state index contributed by atoms with van der Waals surface area (Å²) >= 11 is 0. The lowest BCUT2D eigenvalue weighted by Crippen LogP contribution is -2.28. The summed E-state index contributed by atoms with van der Waals surface area (Å²) in [5, 5.41) is 6.21. The van der Waals surface area contributed by atoms with Crippen molar-refractivity contribution in [2.45, 2.75) is 38.5 Å². The second kappa shape index (κ2) is 6.74. The van der Waals surface area contributed by atoms with E-state index in [0.717, 1.165) is 37.1 Å². The van der Waals surface area contributed by atoms with Crippen molar-refractivity contribution in [3.63, 3.8) is 0 Å². The number of para-hydroxylation sites is 1. The minimum Gasteiger partial charge on any atom is -0.494 e. The van der Waals surface area contributed by atoms with Gasteiger partial charge in [0.25, 0.3) is 5.91 Å². The fourth-order valence-electron chi connectivity index (χ4n) is 3.02. The summed E-state index contributed by atoms with van der Waals surface area (Å²) in [6.45, 7) is 1.27. The van der Waals surface area contributed by atoms with Crippen LogP contribution in [0.3, 0.4) is 0 Å². The molecule has 1 heterocycles. The topological polar surface area (TPSA) is 41.9 Å². The van der Waals surface area contributed by atoms with Gasteiger partial charge in [0.2, 0.25) is 0 Å². The third kappa shape index (κ3) is 3.43. The van der Waals surface area contributed by atoms with Crippen molar-refractivity contribution < 1.29 is 9.53 Å². The van der Waals surface area contributed by atoms with Gasteiger partial charge < -0.3 is 4.74 Å². The van der Waals surface area contributed by atoms with E-state index < -0.39 is 0 Å². The van der Waals surface area contributed by atoms with Gasteiger partial charge in [0.1, 0.15) is 5.75 Å². The SMILES string of the molecule is O=C1C2CCCCCC2=NN1CCCOc1ccccc1. The van der Waals surface area contributed by atoms with E-state index in [0.29, 0.717) is 13.2 Å². The molecular formula is C17H22N2O2. The number of rotatable bonds is 5. The number of hydrazone groups is 1. The maximum atomic E-state index is 12.3. The number of benzene rings is 1. The Morgan fingerprint density at radius 3 is 2.90 bits per heavy atom. The van der Waals surface area contributed by atoms with Gasteiger partial charge in [-0.15, -0.1) is 0 Å². The van der Waals surface area contributed by atoms with Crippen molar-refractivity contribution >= 4 is 11.6 Å². The maximum absolute atomic E-state index is 12.3. The maximum Gasteiger partial charge on any atom is 0.251 e. The van der Waals surface area contributed by atoms with Gasteiger partial charge in [-0.05, 0) is 31.4 Å². The van der Waals surface area contributed by atoms with Crippen LogP contribution in [0.25, 0.3) is 0 Å². The molecule has 1 amide bonds. The van der Waals surface area contributed by atoms with E-state index >= 15 is 0 Å². The molecule has 1 atom stereocenters. The molecule has 0 N–H and O–H groups in total. The predicted octanol–water partition coefficient (Wildman–Crippen LogP) is 3.23. The minimum atomic E-state index is 0.0718. The number of fused-ring (bicyclic) bond motifs is 1. The van der Waals surface area contributed by atoms with E-state index in [9.17, 15) is 4.79 Å². The molecule has 3 rings (SSSR count). The molecule has 1 unspecified atom stereocenters. The number of ether oxygens (including phenoxy) is 1. The molecule has 1 saturated carbocycles. The largest absolute Gasteiger partial charge is 0.494 e. The summed E-state index contributed by atoms with van der Waals surface area (Å²) < 4.78 is 5.65. The molecule has 0 bridgehead atoms. The van der Waals surface area contributed by atoms with E-state index in [1.165, 1.54) is 12.8 Å². The Balaban J connectivity index is 1.46. The Morgan fingerprint density at radius 2 is 2.05 bits per heavy atom. The van der Waals surface area contributed by atoms with Crippen LogP contribution < -0.4 is 4.74 Å². The van der Waals surface area contributed by atoms with Crippen molar-refractivity contribution in [1.29, 1.82) is 0 Å². The van der Waals surface area contributed by atoms with Gasteiger partial charge in [-0.1, -0.05) is 31.0 Å². The summed E-state index contributed by atoms with van der Waals surface area (Å²) in [6, 6.07) is 9.77. The normalized spacial score (nSPS) is 21.7. The van der Waals surface area contributed by atoms with E-state index in [-0.39, 0.29) is 11.8 Å². The Hall–Kier alpha value is -1.84. The van der Waals surface area contributed by atoms with Crippen molar-refractivity contribution in [3.8, 4) is 5.75 Å². The molecule has 1 aliphatic carbocycles. The van der Waals surface area contributed by atoms with Crippen LogP contribution in [0, 0.1) is 5.92 Å². The second-order valence-corrected chi connectivity index (χ2v) is 5.72. The predicted molar refractivity (Wildman–Crippen MR) is 82.3 cm³/mol. The average molecular weight is 286 g/mol. The summed E-state index contributed by atoms with van der Waals surface area (Å²) in [5.74, 6) is 1.15. The molecule has 1 aromatic carbocycles. The lowest BCUT2D eigenvalue weighted by molar-refractivity contribution is -0.132. The van der Waals surface area contributed by atoms with Crippen LogP contribution in [0.5, 0.6) is 5.75 Å². The van der Waals surface area contributed by atoms with Crippen LogP contribution >= 0.6 is 0 Å². The van der Waals surface area contributed by atoms with Crippen LogP contribution in [0.2, 0.25) is 0 Å². The van der Waals surface area contributed by atoms with Crippen LogP contribution in [-0.4, -0.2) is 29.8 Å². The highest BCUT2D eigenvalue weighted by atomic mass is 16.5. The van der Waals surface area contributed by atoms with Gasteiger partial charge in [-0.25, -0.2) is 5.01 Å². The quantitative estimate of drug-likeness (QED) is 0.780. The first-order valence-electron chi connectivity index (χ1n) is 7.91. The molecule has 0 saturated heterocycles. The Morgan fingerprint density at radius 1 is 1.19 bits per heavy atom. The highest BCUT2D eigenvalue weighted by Crippen LogP contribution is 2.28. The molecule has 0 radical (unpaired) electrons. The molecule has 1 fully saturated rings. The van der Waals surface area contributed by atoms with Crippen LogP contribution in [0.1, 0.15) is 38.5 Å². The number of carbonyl (C=O) groups is 1. The highest BCUT2D eigenvalue weighted by Gasteiger charge is 2.35. The smallest absolute Gasteiger partial charge is 0.251 e. The molecule has 4 nitrogen and oxygen atoms in total. The Kier molecular flexibility index (Phi) is 4.53. The van der Waals surface area contributed by atoms with Gasteiger partial charge in [0, 0.05) is 13.0 Å². The fraction of sp³-hybridized carbons (Fsp3) is 0.529. The van der Waals surface area contributed by atoms with Gasteiger partial charge >= 0.3 is 0 Å². The minimum absolute atomic E-state index is 0.0718. The number of hydrogen-bond acceptors (Lipinski definition) is 3. The van der Waals surface area contributed by atoms with E-state index in [1.807, 2.05) is 30.3 Å². The number of nitrogens with zero attached hydrogens (tertiary/aromatic N) is 2. The van der Waals surface area contributed by atoms with Gasteiger partial charge in [-0.2, -0.15) is 5.10 Å². The number of amides is 1. The van der Waals surface area contributed by atoms with Crippen molar-refractivity contribution in [2.75, 3.05) is 13.2 Å². The highest BCUT2D eigenvalue weighted by molar-refractivity contribution is 6.08. The molecule has 112 valence electrons. The molecule has 1 aromatic rings. The van der Waals surface area contributed by atoms with Crippen molar-refractivity contribution in [3.05, 3.63) is 30.3 Å². The third-order valence-electron chi connectivity index (χ3n) is 4.16. The van der Waals surface area contributed by atoms with E-state index in [1.54, 1.807) is 5.01 Å². The molecule has 1 aliphatic heterocycles.